The second-order valence-electron chi connectivity index (χ2n) is 6.40. The Labute approximate surface area is 149 Å². The summed E-state index contributed by atoms with van der Waals surface area (Å²) in [6.07, 6.45) is 6.35. The minimum absolute atomic E-state index is 0.206. The molecule has 6 heteroatoms. The van der Waals surface area contributed by atoms with Crippen LogP contribution in [0.15, 0.2) is 48.9 Å². The number of pyridine rings is 2. The molecule has 0 aromatic carbocycles. The second kappa shape index (κ2) is 8.58. The van der Waals surface area contributed by atoms with E-state index in [0.29, 0.717) is 6.54 Å². The predicted octanol–water partition coefficient (Wildman–Crippen LogP) is 1.30. The van der Waals surface area contributed by atoms with Crippen molar-refractivity contribution in [2.45, 2.75) is 6.42 Å². The smallest absolute Gasteiger partial charge is 0.236 e. The normalized spacial score (nSPS) is 14.8. The molecule has 1 fully saturated rings. The fourth-order valence-corrected chi connectivity index (χ4v) is 3.01. The number of carbonyl (C=O) groups excluding carboxylic acids is 1. The standard InChI is InChI=1S/C19H25N5O/c1-22(11-7-17-5-9-20-10-6-17)16-19(25)24-14-12-23(13-15-24)18-4-2-3-8-21-18/h2-6,8-10H,7,11-16H2,1H3. The molecular formula is C19H25N5O. The Morgan fingerprint density at radius 1 is 1.08 bits per heavy atom. The fraction of sp³-hybridized carbons (Fsp3) is 0.421. The van der Waals surface area contributed by atoms with Crippen LogP contribution >= 0.6 is 0 Å². The molecule has 0 bridgehead atoms. The van der Waals surface area contributed by atoms with Crippen LogP contribution in [0, 0.1) is 0 Å². The first-order valence-electron chi connectivity index (χ1n) is 8.73. The van der Waals surface area contributed by atoms with Crippen LogP contribution in [0.1, 0.15) is 5.56 Å². The van der Waals surface area contributed by atoms with Crippen molar-refractivity contribution in [3.8, 4) is 0 Å². The van der Waals surface area contributed by atoms with Gasteiger partial charge in [-0.2, -0.15) is 0 Å². The van der Waals surface area contributed by atoms with E-state index < -0.39 is 0 Å². The fourth-order valence-electron chi connectivity index (χ4n) is 3.01. The van der Waals surface area contributed by atoms with Gasteiger partial charge >= 0.3 is 0 Å². The largest absolute Gasteiger partial charge is 0.353 e. The summed E-state index contributed by atoms with van der Waals surface area (Å²) in [5, 5.41) is 0. The molecule has 1 aliphatic heterocycles. The molecule has 6 nitrogen and oxygen atoms in total. The maximum absolute atomic E-state index is 12.5. The van der Waals surface area contributed by atoms with Crippen LogP contribution in [0.2, 0.25) is 0 Å². The number of likely N-dealkylation sites (N-methyl/N-ethyl adjacent to an activating group) is 1. The number of hydrogen-bond donors (Lipinski definition) is 0. The number of piperazine rings is 1. The lowest BCUT2D eigenvalue weighted by molar-refractivity contribution is -0.132. The van der Waals surface area contributed by atoms with Crippen molar-refractivity contribution in [1.82, 2.24) is 19.8 Å². The molecule has 3 rings (SSSR count). The highest BCUT2D eigenvalue weighted by Gasteiger charge is 2.22. The summed E-state index contributed by atoms with van der Waals surface area (Å²) >= 11 is 0. The van der Waals surface area contributed by atoms with Crippen molar-refractivity contribution in [2.24, 2.45) is 0 Å². The van der Waals surface area contributed by atoms with Gasteiger partial charge in [0.25, 0.3) is 0 Å². The van der Waals surface area contributed by atoms with Gasteiger partial charge in [-0.25, -0.2) is 4.98 Å². The molecule has 0 spiro atoms. The number of amides is 1. The van der Waals surface area contributed by atoms with Crippen LogP contribution in [0.3, 0.4) is 0 Å². The zero-order chi connectivity index (χ0) is 17.5. The van der Waals surface area contributed by atoms with Gasteiger partial charge in [0, 0.05) is 51.3 Å². The minimum Gasteiger partial charge on any atom is -0.353 e. The van der Waals surface area contributed by atoms with Gasteiger partial charge < -0.3 is 9.80 Å². The van der Waals surface area contributed by atoms with Crippen LogP contribution in [0.4, 0.5) is 5.82 Å². The van der Waals surface area contributed by atoms with E-state index >= 15 is 0 Å². The molecule has 0 radical (unpaired) electrons. The lowest BCUT2D eigenvalue weighted by Gasteiger charge is -2.36. The van der Waals surface area contributed by atoms with Crippen LogP contribution < -0.4 is 4.90 Å². The molecule has 0 aliphatic carbocycles. The number of aromatic nitrogens is 2. The SMILES string of the molecule is CN(CCc1ccncc1)CC(=O)N1CCN(c2ccccn2)CC1. The highest BCUT2D eigenvalue weighted by atomic mass is 16.2. The molecule has 25 heavy (non-hydrogen) atoms. The molecule has 132 valence electrons. The topological polar surface area (TPSA) is 52.6 Å². The summed E-state index contributed by atoms with van der Waals surface area (Å²) in [4.78, 5) is 27.2. The third-order valence-corrected chi connectivity index (χ3v) is 4.54. The first-order chi connectivity index (χ1) is 12.2. The molecule has 2 aromatic heterocycles. The van der Waals surface area contributed by atoms with Crippen LogP contribution in [0.5, 0.6) is 0 Å². The van der Waals surface area contributed by atoms with E-state index in [9.17, 15) is 4.79 Å². The van der Waals surface area contributed by atoms with Gasteiger partial charge in [-0.3, -0.25) is 14.7 Å². The van der Waals surface area contributed by atoms with Crippen LogP contribution in [-0.2, 0) is 11.2 Å². The van der Waals surface area contributed by atoms with Crippen LogP contribution in [0.25, 0.3) is 0 Å². The number of rotatable bonds is 6. The van der Waals surface area contributed by atoms with Gasteiger partial charge in [0.2, 0.25) is 5.91 Å². The molecule has 0 unspecified atom stereocenters. The van der Waals surface area contributed by atoms with Crippen molar-refractivity contribution in [1.29, 1.82) is 0 Å². The molecular weight excluding hydrogens is 314 g/mol. The molecule has 0 atom stereocenters. The maximum atomic E-state index is 12.5. The Hall–Kier alpha value is -2.47. The molecule has 1 aliphatic rings. The van der Waals surface area contributed by atoms with Gasteiger partial charge in [0.1, 0.15) is 5.82 Å². The first-order valence-corrected chi connectivity index (χ1v) is 8.73. The molecule has 0 N–H and O–H groups in total. The third kappa shape index (κ3) is 5.00. The summed E-state index contributed by atoms with van der Waals surface area (Å²) in [7, 11) is 2.00. The quantitative estimate of drug-likeness (QED) is 0.794. The Morgan fingerprint density at radius 3 is 2.52 bits per heavy atom. The van der Waals surface area contributed by atoms with Gasteiger partial charge in [0.15, 0.2) is 0 Å². The van der Waals surface area contributed by atoms with Crippen molar-refractivity contribution < 1.29 is 4.79 Å². The van der Waals surface area contributed by atoms with E-state index in [1.54, 1.807) is 0 Å². The Morgan fingerprint density at radius 2 is 1.84 bits per heavy atom. The number of hydrogen-bond acceptors (Lipinski definition) is 5. The van der Waals surface area contributed by atoms with Gasteiger partial charge in [-0.15, -0.1) is 0 Å². The van der Waals surface area contributed by atoms with Crippen LogP contribution in [-0.4, -0.2) is 72.0 Å². The average Bonchev–Trinajstić information content (AvgIpc) is 2.68. The van der Waals surface area contributed by atoms with E-state index in [4.69, 9.17) is 0 Å². The van der Waals surface area contributed by atoms with Crippen molar-refractivity contribution >= 4 is 11.7 Å². The predicted molar refractivity (Wildman–Crippen MR) is 98.5 cm³/mol. The summed E-state index contributed by atoms with van der Waals surface area (Å²) in [5.41, 5.74) is 1.25. The van der Waals surface area contributed by atoms with E-state index in [-0.39, 0.29) is 5.91 Å². The lowest BCUT2D eigenvalue weighted by Crippen LogP contribution is -2.51. The van der Waals surface area contributed by atoms with Gasteiger partial charge in [-0.05, 0) is 43.3 Å². The highest BCUT2D eigenvalue weighted by Crippen LogP contribution is 2.12. The highest BCUT2D eigenvalue weighted by molar-refractivity contribution is 5.78. The Balaban J connectivity index is 1.41. The molecule has 0 saturated carbocycles. The molecule has 1 amide bonds. The number of carbonyl (C=O) groups is 1. The van der Waals surface area contributed by atoms with Crippen molar-refractivity contribution in [3.05, 3.63) is 54.5 Å². The van der Waals surface area contributed by atoms with E-state index in [1.807, 2.05) is 60.9 Å². The van der Waals surface area contributed by atoms with Crippen molar-refractivity contribution in [2.75, 3.05) is 51.2 Å². The number of anilines is 1. The summed E-state index contributed by atoms with van der Waals surface area (Å²) in [5.74, 6) is 1.20. The summed E-state index contributed by atoms with van der Waals surface area (Å²) in [6.45, 7) is 4.52. The zero-order valence-electron chi connectivity index (χ0n) is 14.7. The maximum Gasteiger partial charge on any atom is 0.236 e. The van der Waals surface area contributed by atoms with E-state index in [0.717, 1.165) is 45.0 Å². The monoisotopic (exact) mass is 339 g/mol. The summed E-state index contributed by atoms with van der Waals surface area (Å²) < 4.78 is 0. The first kappa shape index (κ1) is 17.4. The van der Waals surface area contributed by atoms with Gasteiger partial charge in [-0.1, -0.05) is 6.07 Å². The molecule has 3 heterocycles. The Bertz CT molecular complexity index is 656. The molecule has 1 saturated heterocycles. The molecule has 2 aromatic rings. The van der Waals surface area contributed by atoms with Crippen molar-refractivity contribution in [3.63, 3.8) is 0 Å². The third-order valence-electron chi connectivity index (χ3n) is 4.54. The van der Waals surface area contributed by atoms with E-state index in [1.165, 1.54) is 5.56 Å². The average molecular weight is 339 g/mol. The van der Waals surface area contributed by atoms with Gasteiger partial charge in [0.05, 0.1) is 6.54 Å². The summed E-state index contributed by atoms with van der Waals surface area (Å²) in [6, 6.07) is 9.98. The lowest BCUT2D eigenvalue weighted by atomic mass is 10.2. The zero-order valence-corrected chi connectivity index (χ0v) is 14.7. The Kier molecular flexibility index (Phi) is 5.95. The minimum atomic E-state index is 0.206. The second-order valence-corrected chi connectivity index (χ2v) is 6.40. The van der Waals surface area contributed by atoms with E-state index in [2.05, 4.69) is 19.8 Å². The number of nitrogens with zero attached hydrogens (tertiary/aromatic N) is 5.